The quantitative estimate of drug-likeness (QED) is 0.819. The number of nitrogens with one attached hydrogen (secondary N) is 1. The van der Waals surface area contributed by atoms with Gasteiger partial charge < -0.3 is 10.4 Å². The van der Waals surface area contributed by atoms with Gasteiger partial charge in [0.15, 0.2) is 5.78 Å². The van der Waals surface area contributed by atoms with E-state index in [2.05, 4.69) is 10.3 Å². The number of allylic oxidation sites excluding steroid dienone is 2. The van der Waals surface area contributed by atoms with Gasteiger partial charge in [0.1, 0.15) is 5.76 Å². The molecule has 1 saturated heterocycles. The van der Waals surface area contributed by atoms with Crippen molar-refractivity contribution in [2.45, 2.75) is 31.6 Å². The van der Waals surface area contributed by atoms with Crippen LogP contribution in [0.15, 0.2) is 46.7 Å². The molecule has 24 heavy (non-hydrogen) atoms. The molecule has 0 saturated carbocycles. The fourth-order valence-corrected chi connectivity index (χ4v) is 3.37. The number of aliphatic hydroxyl groups is 1. The number of hydrogen-bond donors (Lipinski definition) is 2. The molecule has 1 aromatic rings. The van der Waals surface area contributed by atoms with Crippen molar-refractivity contribution in [3.8, 4) is 0 Å². The molecule has 1 atom stereocenters. The largest absolute Gasteiger partial charge is 0.511 e. The van der Waals surface area contributed by atoms with Gasteiger partial charge in [-0.25, -0.2) is 0 Å². The molecule has 0 radical (unpaired) electrons. The van der Waals surface area contributed by atoms with Crippen molar-refractivity contribution in [3.63, 3.8) is 0 Å². The Kier molecular flexibility index (Phi) is 7.00. The van der Waals surface area contributed by atoms with E-state index >= 15 is 0 Å². The second-order valence-electron chi connectivity index (χ2n) is 6.49. The Bertz CT molecular complexity index is 607. The highest BCUT2D eigenvalue weighted by atomic mass is 35.5. The number of Topliss-reactive ketones (excluding diaryl/α,β-unsaturated/α-hetero) is 1. The number of ketones is 1. The first kappa shape index (κ1) is 18.7. The molecule has 0 spiro atoms. The number of hydrogen-bond acceptors (Lipinski definition) is 4. The van der Waals surface area contributed by atoms with Gasteiger partial charge >= 0.3 is 0 Å². The molecule has 1 aliphatic heterocycles. The van der Waals surface area contributed by atoms with Crippen LogP contribution < -0.4 is 5.32 Å². The standard InChI is InChI=1S/C19H24N2O2.ClH/c22-18-10-16(15-4-2-1-3-5-15)11-19(23)17(18)13-21-12-14-6-8-20-9-7-14;/h1-5,13-14,16,20,22H,6-12H2;1H. The molecule has 1 heterocycles. The van der Waals surface area contributed by atoms with Crippen LogP contribution in [0.25, 0.3) is 0 Å². The SMILES string of the molecule is Cl.O=C1CC(c2ccccc2)CC(O)=C1C=NCC1CCNCC1. The summed E-state index contributed by atoms with van der Waals surface area (Å²) in [6.45, 7) is 2.84. The number of halogens is 1. The van der Waals surface area contributed by atoms with E-state index in [0.717, 1.165) is 38.0 Å². The van der Waals surface area contributed by atoms with E-state index in [4.69, 9.17) is 0 Å². The molecule has 3 rings (SSSR count). The van der Waals surface area contributed by atoms with Crippen molar-refractivity contribution in [1.82, 2.24) is 5.32 Å². The molecule has 2 aliphatic rings. The van der Waals surface area contributed by atoms with Gasteiger partial charge in [0.05, 0.1) is 5.57 Å². The lowest BCUT2D eigenvalue weighted by Gasteiger charge is -2.23. The Morgan fingerprint density at radius 1 is 1.17 bits per heavy atom. The molecule has 1 aliphatic carbocycles. The lowest BCUT2D eigenvalue weighted by atomic mass is 9.83. The second-order valence-corrected chi connectivity index (χ2v) is 6.49. The molecular formula is C19H25ClN2O2. The van der Waals surface area contributed by atoms with Crippen molar-refractivity contribution < 1.29 is 9.90 Å². The molecule has 0 bridgehead atoms. The molecule has 0 amide bonds. The van der Waals surface area contributed by atoms with Crippen molar-refractivity contribution in [2.75, 3.05) is 19.6 Å². The lowest BCUT2D eigenvalue weighted by Crippen LogP contribution is -2.29. The maximum absolute atomic E-state index is 12.4. The molecule has 0 aromatic heterocycles. The van der Waals surface area contributed by atoms with Crippen LogP contribution in [0.4, 0.5) is 0 Å². The zero-order valence-corrected chi connectivity index (χ0v) is 14.6. The Balaban J connectivity index is 0.00000208. The van der Waals surface area contributed by atoms with E-state index in [1.807, 2.05) is 30.3 Å². The highest BCUT2D eigenvalue weighted by molar-refractivity contribution is 6.14. The number of carbonyl (C=O) groups excluding carboxylic acids is 1. The van der Waals surface area contributed by atoms with Crippen LogP contribution in [0.5, 0.6) is 0 Å². The third kappa shape index (κ3) is 4.68. The number of piperidine rings is 1. The van der Waals surface area contributed by atoms with E-state index in [1.165, 1.54) is 0 Å². The van der Waals surface area contributed by atoms with Crippen molar-refractivity contribution >= 4 is 24.4 Å². The third-order valence-electron chi connectivity index (χ3n) is 4.80. The summed E-state index contributed by atoms with van der Waals surface area (Å²) in [6, 6.07) is 9.93. The fourth-order valence-electron chi connectivity index (χ4n) is 3.37. The van der Waals surface area contributed by atoms with Crippen LogP contribution in [0.2, 0.25) is 0 Å². The summed E-state index contributed by atoms with van der Waals surface area (Å²) < 4.78 is 0. The van der Waals surface area contributed by atoms with Crippen molar-refractivity contribution in [1.29, 1.82) is 0 Å². The summed E-state index contributed by atoms with van der Waals surface area (Å²) in [7, 11) is 0. The number of aliphatic imine (C=N–C) groups is 1. The van der Waals surface area contributed by atoms with Crippen LogP contribution in [0.3, 0.4) is 0 Å². The number of carbonyl (C=O) groups is 1. The molecule has 1 fully saturated rings. The molecule has 1 unspecified atom stereocenters. The average molecular weight is 349 g/mol. The van der Waals surface area contributed by atoms with Crippen LogP contribution in [-0.2, 0) is 4.79 Å². The van der Waals surface area contributed by atoms with Crippen LogP contribution in [0.1, 0.15) is 37.2 Å². The monoisotopic (exact) mass is 348 g/mol. The van der Waals surface area contributed by atoms with Crippen LogP contribution in [0, 0.1) is 5.92 Å². The summed E-state index contributed by atoms with van der Waals surface area (Å²) in [5.74, 6) is 0.845. The maximum Gasteiger partial charge on any atom is 0.168 e. The first-order valence-corrected chi connectivity index (χ1v) is 8.45. The minimum absolute atomic E-state index is 0. The van der Waals surface area contributed by atoms with Gasteiger partial charge in [0.25, 0.3) is 0 Å². The van der Waals surface area contributed by atoms with Gasteiger partial charge in [-0.2, -0.15) is 0 Å². The van der Waals surface area contributed by atoms with Gasteiger partial charge in [-0.15, -0.1) is 12.4 Å². The highest BCUT2D eigenvalue weighted by Gasteiger charge is 2.27. The van der Waals surface area contributed by atoms with Gasteiger partial charge in [0.2, 0.25) is 0 Å². The van der Waals surface area contributed by atoms with Crippen molar-refractivity contribution in [3.05, 3.63) is 47.2 Å². The number of aliphatic hydroxyl groups excluding tert-OH is 1. The van der Waals surface area contributed by atoms with Gasteiger partial charge in [-0.3, -0.25) is 9.79 Å². The normalized spacial score (nSPS) is 22.7. The fraction of sp³-hybridized carbons (Fsp3) is 0.474. The number of rotatable bonds is 4. The predicted molar refractivity (Wildman–Crippen MR) is 99.3 cm³/mol. The van der Waals surface area contributed by atoms with E-state index in [0.29, 0.717) is 24.3 Å². The summed E-state index contributed by atoms with van der Waals surface area (Å²) in [6.07, 6.45) is 4.83. The smallest absolute Gasteiger partial charge is 0.168 e. The lowest BCUT2D eigenvalue weighted by molar-refractivity contribution is -0.116. The summed E-state index contributed by atoms with van der Waals surface area (Å²) >= 11 is 0. The molecule has 2 N–H and O–H groups in total. The summed E-state index contributed by atoms with van der Waals surface area (Å²) in [5, 5.41) is 13.6. The average Bonchev–Trinajstić information content (AvgIpc) is 2.59. The Labute approximate surface area is 149 Å². The summed E-state index contributed by atoms with van der Waals surface area (Å²) in [4.78, 5) is 16.8. The minimum atomic E-state index is -0.00309. The Hall–Kier alpha value is -1.65. The highest BCUT2D eigenvalue weighted by Crippen LogP contribution is 2.32. The molecule has 5 heteroatoms. The van der Waals surface area contributed by atoms with Gasteiger partial charge in [-0.1, -0.05) is 30.3 Å². The zero-order valence-electron chi connectivity index (χ0n) is 13.8. The van der Waals surface area contributed by atoms with Gasteiger partial charge in [0, 0.05) is 25.6 Å². The van der Waals surface area contributed by atoms with E-state index < -0.39 is 0 Å². The zero-order chi connectivity index (χ0) is 16.1. The minimum Gasteiger partial charge on any atom is -0.511 e. The number of nitrogens with zero attached hydrogens (tertiary/aromatic N) is 1. The van der Waals surface area contributed by atoms with Gasteiger partial charge in [-0.05, 0) is 43.3 Å². The third-order valence-corrected chi connectivity index (χ3v) is 4.80. The Morgan fingerprint density at radius 3 is 2.54 bits per heavy atom. The van der Waals surface area contributed by atoms with E-state index in [9.17, 15) is 9.90 Å². The molecular weight excluding hydrogens is 324 g/mol. The first-order valence-electron chi connectivity index (χ1n) is 8.45. The predicted octanol–water partition coefficient (Wildman–Crippen LogP) is 3.44. The molecule has 1 aromatic carbocycles. The van der Waals surface area contributed by atoms with Crippen molar-refractivity contribution in [2.24, 2.45) is 10.9 Å². The second kappa shape index (κ2) is 9.00. The van der Waals surface area contributed by atoms with Crippen LogP contribution >= 0.6 is 12.4 Å². The maximum atomic E-state index is 12.4. The van der Waals surface area contributed by atoms with Crippen LogP contribution in [-0.4, -0.2) is 36.7 Å². The van der Waals surface area contributed by atoms with E-state index in [-0.39, 0.29) is 29.9 Å². The number of benzene rings is 1. The Morgan fingerprint density at radius 2 is 1.88 bits per heavy atom. The first-order chi connectivity index (χ1) is 11.2. The molecule has 130 valence electrons. The molecule has 4 nitrogen and oxygen atoms in total. The summed E-state index contributed by atoms with van der Waals surface area (Å²) in [5.41, 5.74) is 1.52. The van der Waals surface area contributed by atoms with E-state index in [1.54, 1.807) is 6.21 Å². The topological polar surface area (TPSA) is 61.7 Å².